The predicted molar refractivity (Wildman–Crippen MR) is 297 cm³/mol. The van der Waals surface area contributed by atoms with E-state index in [2.05, 4.69) is 130 Å². The molecule has 5 nitrogen and oxygen atoms in total. The van der Waals surface area contributed by atoms with Gasteiger partial charge in [0.25, 0.3) is 0 Å². The summed E-state index contributed by atoms with van der Waals surface area (Å²) in [4.78, 5) is 25.4. The molecule has 5 heteroatoms. The molecule has 0 aromatic carbocycles. The quantitative estimate of drug-likeness (QED) is 0.0345. The molecule has 0 spiro atoms. The number of allylic oxidation sites excluding steroid dienone is 19. The Morgan fingerprint density at radius 1 is 0.353 bits per heavy atom. The number of rotatable bonds is 50. The molecule has 68 heavy (non-hydrogen) atoms. The first-order valence-corrected chi connectivity index (χ1v) is 28.1. The van der Waals surface area contributed by atoms with Crippen LogP contribution in [0, 0.1) is 0 Å². The summed E-state index contributed by atoms with van der Waals surface area (Å²) in [6.45, 7) is 7.45. The van der Waals surface area contributed by atoms with E-state index >= 15 is 0 Å². The SMILES string of the molecule is CC/C=C\C/C=C\C/C=C\C/C=C\C/C=C\CC(=O)OC(COCCCCCCCCCC/C=C\C/C=C\C/C=C\CC)COC(=O)CCCCCCCCCCC/C=C\C/C=C\CCCCC. The van der Waals surface area contributed by atoms with Crippen LogP contribution in [0.5, 0.6) is 0 Å². The molecule has 1 atom stereocenters. The molecule has 0 aliphatic heterocycles. The Hall–Kier alpha value is -3.70. The molecule has 0 radical (unpaired) electrons. The summed E-state index contributed by atoms with van der Waals surface area (Å²) in [5.74, 6) is -0.556. The third kappa shape index (κ3) is 54.9. The van der Waals surface area contributed by atoms with Gasteiger partial charge in [0.2, 0.25) is 0 Å². The van der Waals surface area contributed by atoms with E-state index < -0.39 is 6.10 Å². The zero-order valence-corrected chi connectivity index (χ0v) is 44.3. The lowest BCUT2D eigenvalue weighted by atomic mass is 10.1. The van der Waals surface area contributed by atoms with Gasteiger partial charge in [-0.3, -0.25) is 9.59 Å². The lowest BCUT2D eigenvalue weighted by Crippen LogP contribution is -2.29. The monoisotopic (exact) mass is 941 g/mol. The second kappa shape index (κ2) is 57.6. The molecule has 1 unspecified atom stereocenters. The van der Waals surface area contributed by atoms with Gasteiger partial charge < -0.3 is 14.2 Å². The summed E-state index contributed by atoms with van der Waals surface area (Å²) < 4.78 is 17.3. The number of unbranched alkanes of at least 4 members (excludes halogenated alkanes) is 20. The van der Waals surface area contributed by atoms with E-state index in [1.165, 1.54) is 116 Å². The van der Waals surface area contributed by atoms with Crippen molar-refractivity contribution in [1.82, 2.24) is 0 Å². The molecule has 386 valence electrons. The first kappa shape index (κ1) is 64.3. The minimum atomic E-state index is -0.605. The van der Waals surface area contributed by atoms with Crippen molar-refractivity contribution >= 4 is 11.9 Å². The van der Waals surface area contributed by atoms with E-state index in [1.54, 1.807) is 0 Å². The lowest BCUT2D eigenvalue weighted by Gasteiger charge is -2.18. The number of esters is 2. The Labute approximate surface area is 420 Å². The molecule has 0 aromatic heterocycles. The average molecular weight is 942 g/mol. The van der Waals surface area contributed by atoms with Crippen molar-refractivity contribution in [1.29, 1.82) is 0 Å². The topological polar surface area (TPSA) is 61.8 Å². The van der Waals surface area contributed by atoms with Gasteiger partial charge in [-0.1, -0.05) is 239 Å². The molecule has 0 amide bonds. The van der Waals surface area contributed by atoms with Crippen LogP contribution in [-0.2, 0) is 23.8 Å². The third-order valence-corrected chi connectivity index (χ3v) is 11.5. The predicted octanol–water partition coefficient (Wildman–Crippen LogP) is 19.3. The molecule has 0 aromatic rings. The van der Waals surface area contributed by atoms with Crippen LogP contribution in [0.15, 0.2) is 122 Å². The van der Waals surface area contributed by atoms with Gasteiger partial charge >= 0.3 is 11.9 Å². The highest BCUT2D eigenvalue weighted by atomic mass is 16.6. The summed E-state index contributed by atoms with van der Waals surface area (Å²) in [6.07, 6.45) is 81.0. The summed E-state index contributed by atoms with van der Waals surface area (Å²) >= 11 is 0. The molecule has 0 N–H and O–H groups in total. The first-order valence-electron chi connectivity index (χ1n) is 28.1. The molecular formula is C63H104O5. The summed E-state index contributed by atoms with van der Waals surface area (Å²) in [5.41, 5.74) is 0. The van der Waals surface area contributed by atoms with Gasteiger partial charge in [0.1, 0.15) is 6.61 Å². The van der Waals surface area contributed by atoms with Gasteiger partial charge in [0.05, 0.1) is 13.0 Å². The number of hydrogen-bond acceptors (Lipinski definition) is 5. The zero-order chi connectivity index (χ0) is 49.2. The molecule has 0 heterocycles. The average Bonchev–Trinajstić information content (AvgIpc) is 3.34. The Morgan fingerprint density at radius 2 is 0.706 bits per heavy atom. The van der Waals surface area contributed by atoms with Crippen LogP contribution >= 0.6 is 0 Å². The second-order valence-corrected chi connectivity index (χ2v) is 18.1. The van der Waals surface area contributed by atoms with Crippen molar-refractivity contribution in [3.63, 3.8) is 0 Å². The maximum absolute atomic E-state index is 12.8. The Balaban J connectivity index is 4.40. The van der Waals surface area contributed by atoms with Gasteiger partial charge in [-0.25, -0.2) is 0 Å². The van der Waals surface area contributed by atoms with E-state index in [-0.39, 0.29) is 31.6 Å². The van der Waals surface area contributed by atoms with Gasteiger partial charge in [-0.2, -0.15) is 0 Å². The Bertz CT molecular complexity index is 1390. The highest BCUT2D eigenvalue weighted by Gasteiger charge is 2.17. The fourth-order valence-corrected chi connectivity index (χ4v) is 7.39. The Morgan fingerprint density at radius 3 is 1.13 bits per heavy atom. The molecule has 0 rings (SSSR count). The number of carbonyl (C=O) groups is 2. The fourth-order valence-electron chi connectivity index (χ4n) is 7.39. The van der Waals surface area contributed by atoms with Crippen molar-refractivity contribution in [2.75, 3.05) is 19.8 Å². The molecule has 0 saturated carbocycles. The van der Waals surface area contributed by atoms with Gasteiger partial charge in [-0.05, 0) is 109 Å². The largest absolute Gasteiger partial charge is 0.462 e. The summed E-state index contributed by atoms with van der Waals surface area (Å²) in [5, 5.41) is 0. The molecule has 0 saturated heterocycles. The van der Waals surface area contributed by atoms with Crippen LogP contribution in [-0.4, -0.2) is 37.9 Å². The van der Waals surface area contributed by atoms with Crippen molar-refractivity contribution in [3.05, 3.63) is 122 Å². The summed E-state index contributed by atoms with van der Waals surface area (Å²) in [7, 11) is 0. The second-order valence-electron chi connectivity index (χ2n) is 18.1. The minimum Gasteiger partial charge on any atom is -0.462 e. The molecule has 0 aliphatic carbocycles. The van der Waals surface area contributed by atoms with Crippen molar-refractivity contribution in [3.8, 4) is 0 Å². The van der Waals surface area contributed by atoms with Gasteiger partial charge in [0, 0.05) is 13.0 Å². The van der Waals surface area contributed by atoms with Crippen LogP contribution in [0.4, 0.5) is 0 Å². The van der Waals surface area contributed by atoms with Crippen LogP contribution in [0.25, 0.3) is 0 Å². The van der Waals surface area contributed by atoms with Gasteiger partial charge in [0.15, 0.2) is 6.10 Å². The van der Waals surface area contributed by atoms with Crippen molar-refractivity contribution in [2.24, 2.45) is 0 Å². The van der Waals surface area contributed by atoms with Crippen molar-refractivity contribution < 1.29 is 23.8 Å². The number of carbonyl (C=O) groups excluding carboxylic acids is 2. The van der Waals surface area contributed by atoms with Crippen LogP contribution in [0.1, 0.15) is 239 Å². The maximum atomic E-state index is 12.8. The number of hydrogen-bond donors (Lipinski definition) is 0. The van der Waals surface area contributed by atoms with E-state index in [0.29, 0.717) is 13.0 Å². The normalized spacial score (nSPS) is 13.2. The first-order chi connectivity index (χ1) is 33.6. The molecule has 0 aliphatic rings. The molecule has 0 fully saturated rings. The maximum Gasteiger partial charge on any atom is 0.310 e. The van der Waals surface area contributed by atoms with E-state index in [1.807, 2.05) is 12.2 Å². The molecule has 0 bridgehead atoms. The van der Waals surface area contributed by atoms with Crippen molar-refractivity contribution in [2.45, 2.75) is 245 Å². The Kier molecular flexibility index (Phi) is 54.5. The standard InChI is InChI=1S/C63H104O5/c1-4-7-10-13-16-19-22-25-28-30-32-33-36-38-41-44-47-50-53-56-62(64)67-60-61(68-63(65)57-54-51-48-45-42-39-35-27-24-21-18-15-12-9-6-3)59-66-58-55-52-49-46-43-40-37-34-31-29-26-23-20-17-14-11-8-5-2/h8-9,11-12,16-21,25-29,35,42,45,51,54,61H,4-7,10,13-15,22-24,30-34,36-41,43-44,46-50,52-53,55-60H2,1-3H3/b11-8-,12-9-,19-16-,20-17-,21-18-,28-25-,29-26-,35-27-,45-42-,54-51-. The van der Waals surface area contributed by atoms with Crippen LogP contribution in [0.2, 0.25) is 0 Å². The van der Waals surface area contributed by atoms with Crippen LogP contribution < -0.4 is 0 Å². The molecular weight excluding hydrogens is 837 g/mol. The summed E-state index contributed by atoms with van der Waals surface area (Å²) in [6, 6.07) is 0. The highest BCUT2D eigenvalue weighted by molar-refractivity contribution is 5.71. The van der Waals surface area contributed by atoms with Crippen LogP contribution in [0.3, 0.4) is 0 Å². The van der Waals surface area contributed by atoms with E-state index in [9.17, 15) is 9.59 Å². The minimum absolute atomic E-state index is 0.0337. The third-order valence-electron chi connectivity index (χ3n) is 11.5. The fraction of sp³-hybridized carbons (Fsp3) is 0.651. The zero-order valence-electron chi connectivity index (χ0n) is 44.3. The highest BCUT2D eigenvalue weighted by Crippen LogP contribution is 2.14. The van der Waals surface area contributed by atoms with Gasteiger partial charge in [-0.15, -0.1) is 0 Å². The lowest BCUT2D eigenvalue weighted by molar-refractivity contribution is -0.162. The van der Waals surface area contributed by atoms with E-state index in [0.717, 1.165) is 89.9 Å². The van der Waals surface area contributed by atoms with E-state index in [4.69, 9.17) is 14.2 Å². The number of ether oxygens (including phenoxy) is 3. The smallest absolute Gasteiger partial charge is 0.310 e.